The lowest BCUT2D eigenvalue weighted by Gasteiger charge is -2.10. The van der Waals surface area contributed by atoms with Gasteiger partial charge < -0.3 is 15.4 Å². The molecule has 3 aromatic rings. The third-order valence-corrected chi connectivity index (χ3v) is 5.30. The summed E-state index contributed by atoms with van der Waals surface area (Å²) in [4.78, 5) is 35.7. The van der Waals surface area contributed by atoms with E-state index in [1.54, 1.807) is 43.3 Å². The van der Waals surface area contributed by atoms with Gasteiger partial charge >= 0.3 is 0 Å². The molecule has 2 N–H and O–H groups in total. The minimum Gasteiger partial charge on any atom is -0.484 e. The molecule has 0 bridgehead atoms. The highest BCUT2D eigenvalue weighted by atomic mass is 32.2. The number of carbonyl (C=O) groups is 2. The van der Waals surface area contributed by atoms with Crippen LogP contribution in [0.25, 0.3) is 0 Å². The van der Waals surface area contributed by atoms with Crippen LogP contribution < -0.4 is 15.4 Å². The van der Waals surface area contributed by atoms with Crippen molar-refractivity contribution in [3.8, 4) is 5.75 Å². The van der Waals surface area contributed by atoms with Crippen LogP contribution in [0.2, 0.25) is 0 Å². The number of nitro benzene ring substituents is 1. The van der Waals surface area contributed by atoms with Crippen molar-refractivity contribution in [2.24, 2.45) is 0 Å². The Morgan fingerprint density at radius 2 is 1.75 bits per heavy atom. The number of non-ortho nitro benzene ring substituents is 1. The average molecular weight is 452 g/mol. The highest BCUT2D eigenvalue weighted by Gasteiger charge is 2.12. The maximum Gasteiger partial charge on any atom is 0.271 e. The van der Waals surface area contributed by atoms with Gasteiger partial charge in [-0.15, -0.1) is 11.8 Å². The number of hydrogen-bond donors (Lipinski definition) is 2. The maximum atomic E-state index is 12.3. The first-order valence-electron chi connectivity index (χ1n) is 9.66. The van der Waals surface area contributed by atoms with Crippen LogP contribution in [0.3, 0.4) is 0 Å². The lowest BCUT2D eigenvalue weighted by Crippen LogP contribution is -2.20. The number of carbonyl (C=O) groups excluding carboxylic acids is 2. The second-order valence-corrected chi connectivity index (χ2v) is 7.82. The number of amides is 2. The molecule has 32 heavy (non-hydrogen) atoms. The number of nitro groups is 1. The predicted molar refractivity (Wildman–Crippen MR) is 124 cm³/mol. The summed E-state index contributed by atoms with van der Waals surface area (Å²) in [5.74, 6) is 0.132. The highest BCUT2D eigenvalue weighted by molar-refractivity contribution is 8.00. The first-order valence-corrected chi connectivity index (χ1v) is 10.6. The van der Waals surface area contributed by atoms with Crippen LogP contribution in [0.15, 0.2) is 77.7 Å². The molecule has 3 rings (SSSR count). The molecule has 0 aliphatic carbocycles. The van der Waals surface area contributed by atoms with Crippen molar-refractivity contribution in [3.63, 3.8) is 0 Å². The van der Waals surface area contributed by atoms with Gasteiger partial charge in [0.25, 0.3) is 11.6 Å². The fourth-order valence-electron chi connectivity index (χ4n) is 2.72. The van der Waals surface area contributed by atoms with Gasteiger partial charge in [-0.05, 0) is 42.8 Å². The molecule has 3 aromatic carbocycles. The van der Waals surface area contributed by atoms with Gasteiger partial charge in [0.15, 0.2) is 6.61 Å². The summed E-state index contributed by atoms with van der Waals surface area (Å²) in [6.07, 6.45) is 0. The van der Waals surface area contributed by atoms with E-state index in [-0.39, 0.29) is 29.9 Å². The molecule has 2 amide bonds. The van der Waals surface area contributed by atoms with Crippen LogP contribution in [0.5, 0.6) is 5.75 Å². The summed E-state index contributed by atoms with van der Waals surface area (Å²) in [5, 5.41) is 16.4. The molecule has 0 aromatic heterocycles. The largest absolute Gasteiger partial charge is 0.484 e. The van der Waals surface area contributed by atoms with E-state index in [1.165, 1.54) is 23.9 Å². The third-order valence-electron chi connectivity index (χ3n) is 4.31. The van der Waals surface area contributed by atoms with Crippen LogP contribution in [-0.4, -0.2) is 29.1 Å². The standard InChI is InChI=1S/C23H21N3O5S/c1-16-10-11-18(26(29)30)13-21(16)25-23(28)15-32-20-9-5-6-17(12-20)24-22(27)14-31-19-7-3-2-4-8-19/h2-13H,14-15H2,1H3,(H,24,27)(H,25,28). The Kier molecular flexibility index (Phi) is 7.82. The van der Waals surface area contributed by atoms with E-state index in [4.69, 9.17) is 4.74 Å². The van der Waals surface area contributed by atoms with Crippen molar-refractivity contribution >= 4 is 40.6 Å². The first kappa shape index (κ1) is 22.8. The van der Waals surface area contributed by atoms with E-state index in [0.717, 1.165) is 10.5 Å². The molecule has 0 saturated carbocycles. The molecule has 8 nitrogen and oxygen atoms in total. The predicted octanol–water partition coefficient (Wildman–Crippen LogP) is 4.65. The Labute approximate surface area is 189 Å². The first-order chi connectivity index (χ1) is 15.4. The van der Waals surface area contributed by atoms with Crippen molar-refractivity contribution in [3.05, 3.63) is 88.5 Å². The number of rotatable bonds is 9. The molecule has 9 heteroatoms. The second kappa shape index (κ2) is 11.0. The Bertz CT molecular complexity index is 1120. The lowest BCUT2D eigenvalue weighted by molar-refractivity contribution is -0.384. The van der Waals surface area contributed by atoms with Gasteiger partial charge in [-0.1, -0.05) is 30.3 Å². The van der Waals surface area contributed by atoms with Gasteiger partial charge in [0.2, 0.25) is 5.91 Å². The molecule has 0 spiro atoms. The molecule has 0 aliphatic heterocycles. The molecular formula is C23H21N3O5S. The van der Waals surface area contributed by atoms with E-state index in [9.17, 15) is 19.7 Å². The van der Waals surface area contributed by atoms with E-state index < -0.39 is 4.92 Å². The minimum atomic E-state index is -0.505. The van der Waals surface area contributed by atoms with Gasteiger partial charge in [0, 0.05) is 22.7 Å². The molecule has 0 aliphatic rings. The van der Waals surface area contributed by atoms with Crippen LogP contribution >= 0.6 is 11.8 Å². The molecular weight excluding hydrogens is 430 g/mol. The fraction of sp³-hybridized carbons (Fsp3) is 0.130. The Morgan fingerprint density at radius 3 is 2.50 bits per heavy atom. The van der Waals surface area contributed by atoms with Gasteiger partial charge in [-0.3, -0.25) is 19.7 Å². The number of anilines is 2. The summed E-state index contributed by atoms with van der Waals surface area (Å²) in [6.45, 7) is 1.65. The van der Waals surface area contributed by atoms with Crippen molar-refractivity contribution in [1.82, 2.24) is 0 Å². The molecule has 0 saturated heterocycles. The summed E-state index contributed by atoms with van der Waals surface area (Å²) in [7, 11) is 0. The van der Waals surface area contributed by atoms with Gasteiger partial charge in [-0.2, -0.15) is 0 Å². The third kappa shape index (κ3) is 6.85. The van der Waals surface area contributed by atoms with Gasteiger partial charge in [0.05, 0.1) is 16.4 Å². The Balaban J connectivity index is 1.51. The van der Waals surface area contributed by atoms with E-state index in [0.29, 0.717) is 17.1 Å². The number of para-hydroxylation sites is 1. The average Bonchev–Trinajstić information content (AvgIpc) is 2.78. The van der Waals surface area contributed by atoms with Crippen molar-refractivity contribution in [2.75, 3.05) is 23.0 Å². The Hall–Kier alpha value is -3.85. The summed E-state index contributed by atoms with van der Waals surface area (Å²) in [5.41, 5.74) is 1.64. The topological polar surface area (TPSA) is 111 Å². The highest BCUT2D eigenvalue weighted by Crippen LogP contribution is 2.24. The lowest BCUT2D eigenvalue weighted by atomic mass is 10.2. The molecule has 0 heterocycles. The number of aryl methyl sites for hydroxylation is 1. The molecule has 0 unspecified atom stereocenters. The van der Waals surface area contributed by atoms with Crippen molar-refractivity contribution in [1.29, 1.82) is 0 Å². The number of nitrogens with one attached hydrogen (secondary N) is 2. The van der Waals surface area contributed by atoms with Gasteiger partial charge in [-0.25, -0.2) is 0 Å². The van der Waals surface area contributed by atoms with Crippen molar-refractivity contribution < 1.29 is 19.2 Å². The van der Waals surface area contributed by atoms with Crippen LogP contribution in [0.4, 0.5) is 17.1 Å². The van der Waals surface area contributed by atoms with Crippen molar-refractivity contribution in [2.45, 2.75) is 11.8 Å². The second-order valence-electron chi connectivity index (χ2n) is 6.77. The molecule has 0 fully saturated rings. The SMILES string of the molecule is Cc1ccc([N+](=O)[O-])cc1NC(=O)CSc1cccc(NC(=O)COc2ccccc2)c1. The number of hydrogen-bond acceptors (Lipinski definition) is 6. The summed E-state index contributed by atoms with van der Waals surface area (Å²) < 4.78 is 5.43. The zero-order valence-corrected chi connectivity index (χ0v) is 18.1. The van der Waals surface area contributed by atoms with E-state index in [1.807, 2.05) is 24.3 Å². The van der Waals surface area contributed by atoms with Gasteiger partial charge in [0.1, 0.15) is 5.75 Å². The smallest absolute Gasteiger partial charge is 0.271 e. The Morgan fingerprint density at radius 1 is 0.969 bits per heavy atom. The molecule has 0 radical (unpaired) electrons. The number of ether oxygens (including phenoxy) is 1. The van der Waals surface area contributed by atoms with Crippen LogP contribution in [0, 0.1) is 17.0 Å². The normalized spacial score (nSPS) is 10.3. The molecule has 164 valence electrons. The zero-order chi connectivity index (χ0) is 22.9. The molecule has 0 atom stereocenters. The quantitative estimate of drug-likeness (QED) is 0.278. The summed E-state index contributed by atoms with van der Waals surface area (Å²) in [6, 6.07) is 20.5. The van der Waals surface area contributed by atoms with Crippen LogP contribution in [-0.2, 0) is 9.59 Å². The summed E-state index contributed by atoms with van der Waals surface area (Å²) >= 11 is 1.29. The number of nitrogens with zero attached hydrogens (tertiary/aromatic N) is 1. The van der Waals surface area contributed by atoms with E-state index in [2.05, 4.69) is 10.6 Å². The fourth-order valence-corrected chi connectivity index (χ4v) is 3.47. The zero-order valence-electron chi connectivity index (χ0n) is 17.2. The minimum absolute atomic E-state index is 0.0850. The number of benzene rings is 3. The van der Waals surface area contributed by atoms with Crippen LogP contribution in [0.1, 0.15) is 5.56 Å². The van der Waals surface area contributed by atoms with E-state index >= 15 is 0 Å². The maximum absolute atomic E-state index is 12.3. The monoisotopic (exact) mass is 451 g/mol. The number of thioether (sulfide) groups is 1.